The van der Waals surface area contributed by atoms with Crippen molar-refractivity contribution in [3.63, 3.8) is 0 Å². The fraction of sp³-hybridized carbons (Fsp3) is 0.708. The van der Waals surface area contributed by atoms with Crippen molar-refractivity contribution in [1.29, 1.82) is 0 Å². The minimum absolute atomic E-state index is 0.154. The van der Waals surface area contributed by atoms with Gasteiger partial charge in [-0.05, 0) is 64.6 Å². The first kappa shape index (κ1) is 22.9. The highest BCUT2D eigenvalue weighted by molar-refractivity contribution is 5.68. The average molecular weight is 418 g/mol. The van der Waals surface area contributed by atoms with Gasteiger partial charge in [0.05, 0.1) is 0 Å². The predicted octanol–water partition coefficient (Wildman–Crippen LogP) is 3.72. The maximum atomic E-state index is 12.4. The van der Waals surface area contributed by atoms with Crippen LogP contribution in [-0.2, 0) is 4.74 Å². The normalized spacial score (nSPS) is 21.4. The van der Waals surface area contributed by atoms with Gasteiger partial charge < -0.3 is 19.3 Å². The van der Waals surface area contributed by atoms with Crippen molar-refractivity contribution in [2.45, 2.75) is 45.6 Å². The molecule has 1 unspecified atom stereocenters. The first-order valence-electron chi connectivity index (χ1n) is 11.5. The summed E-state index contributed by atoms with van der Waals surface area (Å²) < 4.78 is 11.4. The number of ether oxygens (including phenoxy) is 2. The number of carbonyl (C=O) groups is 1. The van der Waals surface area contributed by atoms with E-state index < -0.39 is 5.60 Å². The molecule has 0 radical (unpaired) electrons. The van der Waals surface area contributed by atoms with Crippen molar-refractivity contribution in [3.8, 4) is 5.75 Å². The van der Waals surface area contributed by atoms with Crippen LogP contribution in [0.4, 0.5) is 4.79 Å². The standard InChI is InChI=1S/C24H39N3O3/c1-24(2,3)30-23(28)27-12-7-8-21(20-27)11-13-25-14-16-26(17-15-25)18-19-29-22-9-5-4-6-10-22/h4-6,9-10,21H,7-8,11-20H2,1-3H3. The fourth-order valence-corrected chi connectivity index (χ4v) is 4.20. The van der Waals surface area contributed by atoms with Gasteiger partial charge in [0.2, 0.25) is 0 Å². The van der Waals surface area contributed by atoms with Crippen molar-refractivity contribution in [2.24, 2.45) is 5.92 Å². The Balaban J connectivity index is 1.30. The van der Waals surface area contributed by atoms with E-state index in [2.05, 4.69) is 9.80 Å². The van der Waals surface area contributed by atoms with Crippen LogP contribution in [0.15, 0.2) is 30.3 Å². The molecule has 168 valence electrons. The Morgan fingerprint density at radius 3 is 2.33 bits per heavy atom. The molecule has 1 atom stereocenters. The van der Waals surface area contributed by atoms with Gasteiger partial charge in [0, 0.05) is 45.8 Å². The summed E-state index contributed by atoms with van der Waals surface area (Å²) >= 11 is 0. The Hall–Kier alpha value is -1.79. The van der Waals surface area contributed by atoms with Gasteiger partial charge in [0.15, 0.2) is 0 Å². The van der Waals surface area contributed by atoms with E-state index in [1.54, 1.807) is 0 Å². The van der Waals surface area contributed by atoms with Crippen molar-refractivity contribution in [1.82, 2.24) is 14.7 Å². The number of para-hydroxylation sites is 1. The summed E-state index contributed by atoms with van der Waals surface area (Å²) in [5.41, 5.74) is -0.421. The number of piperidine rings is 1. The largest absolute Gasteiger partial charge is 0.492 e. The van der Waals surface area contributed by atoms with E-state index in [1.807, 2.05) is 56.0 Å². The Labute approximate surface area is 182 Å². The number of rotatable bonds is 7. The van der Waals surface area contributed by atoms with E-state index in [9.17, 15) is 4.79 Å². The van der Waals surface area contributed by atoms with Crippen molar-refractivity contribution in [2.75, 3.05) is 59.0 Å². The van der Waals surface area contributed by atoms with Gasteiger partial charge in [-0.3, -0.25) is 4.90 Å². The third-order valence-corrected chi connectivity index (χ3v) is 5.91. The molecular formula is C24H39N3O3. The van der Waals surface area contributed by atoms with Crippen LogP contribution < -0.4 is 4.74 Å². The van der Waals surface area contributed by atoms with Crippen LogP contribution in [0.5, 0.6) is 5.75 Å². The minimum Gasteiger partial charge on any atom is -0.492 e. The number of piperazine rings is 1. The molecule has 6 heteroatoms. The number of benzene rings is 1. The molecule has 6 nitrogen and oxygen atoms in total. The van der Waals surface area contributed by atoms with Crippen molar-refractivity contribution >= 4 is 6.09 Å². The molecule has 0 aromatic heterocycles. The zero-order valence-corrected chi connectivity index (χ0v) is 19.0. The summed E-state index contributed by atoms with van der Waals surface area (Å²) in [7, 11) is 0. The van der Waals surface area contributed by atoms with Crippen LogP contribution in [0.1, 0.15) is 40.0 Å². The lowest BCUT2D eigenvalue weighted by Crippen LogP contribution is -2.48. The zero-order chi connectivity index (χ0) is 21.4. The second-order valence-electron chi connectivity index (χ2n) is 9.57. The van der Waals surface area contributed by atoms with E-state index in [-0.39, 0.29) is 6.09 Å². The van der Waals surface area contributed by atoms with Crippen LogP contribution in [0.2, 0.25) is 0 Å². The molecule has 1 aromatic rings. The molecule has 2 aliphatic rings. The van der Waals surface area contributed by atoms with Crippen LogP contribution >= 0.6 is 0 Å². The molecule has 2 fully saturated rings. The first-order valence-corrected chi connectivity index (χ1v) is 11.5. The van der Waals surface area contributed by atoms with Gasteiger partial charge in [0.1, 0.15) is 18.0 Å². The number of likely N-dealkylation sites (tertiary alicyclic amines) is 1. The maximum Gasteiger partial charge on any atom is 0.410 e. The maximum absolute atomic E-state index is 12.4. The van der Waals surface area contributed by atoms with Gasteiger partial charge in [-0.1, -0.05) is 18.2 Å². The average Bonchev–Trinajstić information content (AvgIpc) is 2.73. The van der Waals surface area contributed by atoms with Crippen LogP contribution in [0, 0.1) is 5.92 Å². The first-order chi connectivity index (χ1) is 14.4. The summed E-state index contributed by atoms with van der Waals surface area (Å²) in [6.45, 7) is 14.8. The smallest absolute Gasteiger partial charge is 0.410 e. The van der Waals surface area contributed by atoms with Crippen molar-refractivity contribution < 1.29 is 14.3 Å². The van der Waals surface area contributed by atoms with Crippen LogP contribution in [-0.4, -0.2) is 85.4 Å². The number of nitrogens with zero attached hydrogens (tertiary/aromatic N) is 3. The van der Waals surface area contributed by atoms with Gasteiger partial charge in [-0.25, -0.2) is 4.79 Å². The van der Waals surface area contributed by atoms with E-state index in [0.717, 1.165) is 77.6 Å². The molecule has 0 N–H and O–H groups in total. The molecule has 3 rings (SSSR count). The summed E-state index contributed by atoms with van der Waals surface area (Å²) in [5, 5.41) is 0. The number of amides is 1. The highest BCUT2D eigenvalue weighted by atomic mass is 16.6. The molecule has 30 heavy (non-hydrogen) atoms. The lowest BCUT2D eigenvalue weighted by Gasteiger charge is -2.37. The minimum atomic E-state index is -0.421. The lowest BCUT2D eigenvalue weighted by molar-refractivity contribution is 0.0152. The molecular weight excluding hydrogens is 378 g/mol. The molecule has 2 saturated heterocycles. The van der Waals surface area contributed by atoms with Crippen LogP contribution in [0.25, 0.3) is 0 Å². The third-order valence-electron chi connectivity index (χ3n) is 5.91. The Morgan fingerprint density at radius 1 is 1.00 bits per heavy atom. The number of carbonyl (C=O) groups excluding carboxylic acids is 1. The van der Waals surface area contributed by atoms with E-state index in [0.29, 0.717) is 5.92 Å². The summed E-state index contributed by atoms with van der Waals surface area (Å²) in [6, 6.07) is 10.0. The molecule has 0 spiro atoms. The van der Waals surface area contributed by atoms with Crippen molar-refractivity contribution in [3.05, 3.63) is 30.3 Å². The second kappa shape index (κ2) is 11.0. The zero-order valence-electron chi connectivity index (χ0n) is 19.0. The van der Waals surface area contributed by atoms with Gasteiger partial charge in [-0.2, -0.15) is 0 Å². The van der Waals surface area contributed by atoms with E-state index in [1.165, 1.54) is 6.42 Å². The van der Waals surface area contributed by atoms with Gasteiger partial charge in [-0.15, -0.1) is 0 Å². The topological polar surface area (TPSA) is 45.2 Å². The molecule has 2 heterocycles. The van der Waals surface area contributed by atoms with E-state index >= 15 is 0 Å². The lowest BCUT2D eigenvalue weighted by atomic mass is 9.94. The summed E-state index contributed by atoms with van der Waals surface area (Å²) in [6.07, 6.45) is 3.31. The second-order valence-corrected chi connectivity index (χ2v) is 9.57. The number of hydrogen-bond acceptors (Lipinski definition) is 5. The SMILES string of the molecule is CC(C)(C)OC(=O)N1CCCC(CCN2CCN(CCOc3ccccc3)CC2)C1. The van der Waals surface area contributed by atoms with E-state index in [4.69, 9.17) is 9.47 Å². The Bertz CT molecular complexity index is 639. The van der Waals surface area contributed by atoms with Gasteiger partial charge in [0.25, 0.3) is 0 Å². The van der Waals surface area contributed by atoms with Crippen LogP contribution in [0.3, 0.4) is 0 Å². The fourth-order valence-electron chi connectivity index (χ4n) is 4.20. The highest BCUT2D eigenvalue weighted by Gasteiger charge is 2.28. The third kappa shape index (κ3) is 7.80. The Kier molecular flexibility index (Phi) is 8.40. The molecule has 0 aliphatic carbocycles. The molecule has 2 aliphatic heterocycles. The predicted molar refractivity (Wildman–Crippen MR) is 120 cm³/mol. The molecule has 1 amide bonds. The quantitative estimate of drug-likeness (QED) is 0.677. The molecule has 0 saturated carbocycles. The Morgan fingerprint density at radius 2 is 1.67 bits per heavy atom. The number of hydrogen-bond donors (Lipinski definition) is 0. The molecule has 0 bridgehead atoms. The van der Waals surface area contributed by atoms with Gasteiger partial charge >= 0.3 is 6.09 Å². The molecule has 1 aromatic carbocycles. The summed E-state index contributed by atoms with van der Waals surface area (Å²) in [5.74, 6) is 1.53. The monoisotopic (exact) mass is 417 g/mol. The summed E-state index contributed by atoms with van der Waals surface area (Å²) in [4.78, 5) is 19.3. The highest BCUT2D eigenvalue weighted by Crippen LogP contribution is 2.22.